The summed E-state index contributed by atoms with van der Waals surface area (Å²) in [7, 11) is 0. The predicted octanol–water partition coefficient (Wildman–Crippen LogP) is 4.05. The molecule has 9 heteroatoms. The molecule has 0 saturated carbocycles. The lowest BCUT2D eigenvalue weighted by Crippen LogP contribution is -2.63. The largest absolute Gasteiger partial charge is 0.472 e. The zero-order valence-corrected chi connectivity index (χ0v) is 21.7. The third kappa shape index (κ3) is 3.87. The van der Waals surface area contributed by atoms with Gasteiger partial charge in [0.05, 0.1) is 30.1 Å². The quantitative estimate of drug-likeness (QED) is 0.226. The molecule has 3 aromatic rings. The van der Waals surface area contributed by atoms with Gasteiger partial charge < -0.3 is 18.6 Å². The summed E-state index contributed by atoms with van der Waals surface area (Å²) >= 11 is 1.53. The van der Waals surface area contributed by atoms with Gasteiger partial charge in [-0.05, 0) is 68.8 Å². The summed E-state index contributed by atoms with van der Waals surface area (Å²) in [6.45, 7) is 6.97. The van der Waals surface area contributed by atoms with E-state index >= 15 is 0 Å². The van der Waals surface area contributed by atoms with Gasteiger partial charge in [0.2, 0.25) is 5.41 Å². The molecule has 1 aliphatic heterocycles. The molecule has 0 fully saturated rings. The van der Waals surface area contributed by atoms with Crippen molar-refractivity contribution in [2.24, 2.45) is 11.1 Å². The van der Waals surface area contributed by atoms with Crippen LogP contribution >= 0.6 is 11.8 Å². The Hall–Kier alpha value is -3.30. The van der Waals surface area contributed by atoms with E-state index in [0.29, 0.717) is 16.5 Å². The minimum Gasteiger partial charge on any atom is -0.472 e. The van der Waals surface area contributed by atoms with Crippen LogP contribution in [-0.4, -0.2) is 37.6 Å². The number of esters is 2. The van der Waals surface area contributed by atoms with E-state index < -0.39 is 35.1 Å². The fraction of sp³-hybridized carbons (Fsp3) is 0.370. The number of thioether (sulfide) groups is 1. The van der Waals surface area contributed by atoms with Gasteiger partial charge in [0, 0.05) is 4.90 Å². The van der Waals surface area contributed by atoms with Crippen LogP contribution in [0, 0.1) is 19.3 Å². The highest BCUT2D eigenvalue weighted by Crippen LogP contribution is 2.53. The van der Waals surface area contributed by atoms with E-state index in [0.717, 1.165) is 16.0 Å². The number of ether oxygens (including phenoxy) is 3. The molecule has 0 amide bonds. The first-order chi connectivity index (χ1) is 17.2. The van der Waals surface area contributed by atoms with Crippen molar-refractivity contribution in [2.75, 3.05) is 19.5 Å². The van der Waals surface area contributed by atoms with Crippen LogP contribution in [0.4, 0.5) is 0 Å². The molecule has 0 saturated heterocycles. The number of carbonyl (C=O) groups is 2. The molecule has 2 atom stereocenters. The molecule has 190 valence electrons. The van der Waals surface area contributed by atoms with Gasteiger partial charge in [0.1, 0.15) is 11.3 Å². The Kier molecular flexibility index (Phi) is 7.15. The Morgan fingerprint density at radius 1 is 1.03 bits per heavy atom. The SMILES string of the molecule is CCOC(=O)C1(C(=O)OCC)C(N)Oc2c(c(=O)oc3c(C)c(C)ccc23)C1c1ccc(SC)cc1. The molecule has 0 bridgehead atoms. The van der Waals surface area contributed by atoms with Gasteiger partial charge >= 0.3 is 17.6 Å². The van der Waals surface area contributed by atoms with Crippen molar-refractivity contribution in [1.29, 1.82) is 0 Å². The van der Waals surface area contributed by atoms with E-state index in [1.165, 1.54) is 11.8 Å². The zero-order valence-electron chi connectivity index (χ0n) is 20.9. The van der Waals surface area contributed by atoms with Crippen LogP contribution in [0.2, 0.25) is 0 Å². The maximum atomic E-state index is 13.6. The molecule has 2 heterocycles. The summed E-state index contributed by atoms with van der Waals surface area (Å²) in [5, 5.41) is 0.523. The molecular formula is C27H29NO7S. The molecular weight excluding hydrogens is 482 g/mol. The summed E-state index contributed by atoms with van der Waals surface area (Å²) < 4.78 is 22.6. The normalized spacial score (nSPS) is 18.3. The number of rotatable bonds is 6. The molecule has 0 radical (unpaired) electrons. The van der Waals surface area contributed by atoms with Gasteiger partial charge in [-0.15, -0.1) is 11.8 Å². The van der Waals surface area contributed by atoms with Crippen LogP contribution in [0.15, 0.2) is 50.5 Å². The van der Waals surface area contributed by atoms with E-state index in [1.807, 2.05) is 38.3 Å². The van der Waals surface area contributed by atoms with E-state index in [9.17, 15) is 14.4 Å². The van der Waals surface area contributed by atoms with Crippen molar-refractivity contribution in [3.8, 4) is 5.75 Å². The Labute approximate surface area is 213 Å². The van der Waals surface area contributed by atoms with Gasteiger partial charge in [0.15, 0.2) is 6.23 Å². The highest BCUT2D eigenvalue weighted by atomic mass is 32.2. The van der Waals surface area contributed by atoms with E-state index in [2.05, 4.69) is 0 Å². The third-order valence-corrected chi connectivity index (χ3v) is 7.44. The molecule has 2 aromatic carbocycles. The van der Waals surface area contributed by atoms with Gasteiger partial charge in [-0.25, -0.2) is 4.79 Å². The number of fused-ring (bicyclic) bond motifs is 3. The fourth-order valence-electron chi connectivity index (χ4n) is 4.75. The van der Waals surface area contributed by atoms with Crippen LogP contribution in [0.25, 0.3) is 11.0 Å². The van der Waals surface area contributed by atoms with Crippen LogP contribution in [0.3, 0.4) is 0 Å². The van der Waals surface area contributed by atoms with Crippen molar-refractivity contribution in [2.45, 2.75) is 44.7 Å². The summed E-state index contributed by atoms with van der Waals surface area (Å²) in [6, 6.07) is 10.9. The maximum Gasteiger partial charge on any atom is 0.343 e. The average molecular weight is 512 g/mol. The lowest BCUT2D eigenvalue weighted by Gasteiger charge is -2.43. The molecule has 4 rings (SSSR count). The molecule has 36 heavy (non-hydrogen) atoms. The van der Waals surface area contributed by atoms with Crippen LogP contribution in [0.1, 0.15) is 42.0 Å². The Morgan fingerprint density at radius 3 is 2.19 bits per heavy atom. The summed E-state index contributed by atoms with van der Waals surface area (Å²) in [5.74, 6) is -2.85. The van der Waals surface area contributed by atoms with Crippen molar-refractivity contribution in [3.05, 3.63) is 69.1 Å². The Bertz CT molecular complexity index is 1360. The second-order valence-electron chi connectivity index (χ2n) is 8.57. The average Bonchev–Trinajstić information content (AvgIpc) is 2.86. The second-order valence-corrected chi connectivity index (χ2v) is 9.45. The predicted molar refractivity (Wildman–Crippen MR) is 136 cm³/mol. The molecule has 0 aliphatic carbocycles. The number of nitrogens with two attached hydrogens (primary N) is 1. The summed E-state index contributed by atoms with van der Waals surface area (Å²) in [5.41, 5.74) is 6.21. The number of aryl methyl sites for hydroxylation is 2. The fourth-order valence-corrected chi connectivity index (χ4v) is 5.16. The smallest absolute Gasteiger partial charge is 0.343 e. The van der Waals surface area contributed by atoms with Crippen molar-refractivity contribution >= 4 is 34.7 Å². The lowest BCUT2D eigenvalue weighted by molar-refractivity contribution is -0.183. The van der Waals surface area contributed by atoms with Crippen LogP contribution in [0.5, 0.6) is 5.75 Å². The molecule has 1 aliphatic rings. The standard InChI is InChI=1S/C27H29NO7S/c1-6-32-25(30)27(26(31)33-7-2)20(16-9-11-17(36-5)12-10-16)19-22(35-24(27)28)18-13-8-14(3)15(4)21(18)34-23(19)29/h8-13,20,24H,6-7,28H2,1-5H3. The van der Waals surface area contributed by atoms with Crippen LogP contribution in [-0.2, 0) is 19.1 Å². The molecule has 2 N–H and O–H groups in total. The Balaban J connectivity index is 2.13. The topological polar surface area (TPSA) is 118 Å². The first kappa shape index (κ1) is 25.8. The maximum absolute atomic E-state index is 13.6. The first-order valence-corrected chi connectivity index (χ1v) is 12.9. The zero-order chi connectivity index (χ0) is 26.2. The molecule has 2 unspecified atom stereocenters. The van der Waals surface area contributed by atoms with Crippen LogP contribution < -0.4 is 16.1 Å². The van der Waals surface area contributed by atoms with Crippen molar-refractivity contribution in [3.63, 3.8) is 0 Å². The third-order valence-electron chi connectivity index (χ3n) is 6.69. The second kappa shape index (κ2) is 9.99. The first-order valence-electron chi connectivity index (χ1n) is 11.7. The summed E-state index contributed by atoms with van der Waals surface area (Å²) in [6.07, 6.45) is 0.432. The van der Waals surface area contributed by atoms with E-state index in [4.69, 9.17) is 24.4 Å². The molecule has 0 spiro atoms. The molecule has 8 nitrogen and oxygen atoms in total. The monoisotopic (exact) mass is 511 g/mol. The van der Waals surface area contributed by atoms with Gasteiger partial charge in [-0.2, -0.15) is 0 Å². The number of hydrogen-bond donors (Lipinski definition) is 1. The van der Waals surface area contributed by atoms with Crippen molar-refractivity contribution < 1.29 is 28.2 Å². The van der Waals surface area contributed by atoms with Gasteiger partial charge in [-0.1, -0.05) is 18.2 Å². The van der Waals surface area contributed by atoms with Crippen molar-refractivity contribution in [1.82, 2.24) is 0 Å². The Morgan fingerprint density at radius 2 is 1.64 bits per heavy atom. The number of carbonyl (C=O) groups excluding carboxylic acids is 2. The van der Waals surface area contributed by atoms with Gasteiger partial charge in [0.25, 0.3) is 0 Å². The minimum atomic E-state index is -2.18. The summed E-state index contributed by atoms with van der Waals surface area (Å²) in [4.78, 5) is 41.8. The lowest BCUT2D eigenvalue weighted by atomic mass is 9.65. The van der Waals surface area contributed by atoms with E-state index in [-0.39, 0.29) is 24.5 Å². The minimum absolute atomic E-state index is 0.0114. The molecule has 1 aromatic heterocycles. The highest BCUT2D eigenvalue weighted by Gasteiger charge is 2.65. The number of hydrogen-bond acceptors (Lipinski definition) is 9. The number of benzene rings is 2. The van der Waals surface area contributed by atoms with E-state index in [1.54, 1.807) is 32.0 Å². The highest BCUT2D eigenvalue weighted by molar-refractivity contribution is 7.98. The van der Waals surface area contributed by atoms with Gasteiger partial charge in [-0.3, -0.25) is 15.3 Å².